The average Bonchev–Trinajstić information content (AvgIpc) is 3.17. The van der Waals surface area contributed by atoms with E-state index in [1.807, 2.05) is 31.2 Å². The number of carbonyl (C=O) groups excluding carboxylic acids is 1. The van der Waals surface area contributed by atoms with E-state index in [0.717, 1.165) is 40.7 Å². The zero-order valence-electron chi connectivity index (χ0n) is 13.2. The predicted molar refractivity (Wildman–Crippen MR) is 94.8 cm³/mol. The second kappa shape index (κ2) is 6.99. The summed E-state index contributed by atoms with van der Waals surface area (Å²) in [6.07, 6.45) is 0.908. The van der Waals surface area contributed by atoms with Gasteiger partial charge in [0.2, 0.25) is 5.91 Å². The summed E-state index contributed by atoms with van der Waals surface area (Å²) < 4.78 is 0. The molecule has 1 fully saturated rings. The molecule has 0 radical (unpaired) electrons. The Hall–Kier alpha value is -1.43. The first-order chi connectivity index (χ1) is 11.0. The maximum atomic E-state index is 12.2. The lowest BCUT2D eigenvalue weighted by Crippen LogP contribution is -2.33. The van der Waals surface area contributed by atoms with Crippen LogP contribution in [0.1, 0.15) is 29.3 Å². The van der Waals surface area contributed by atoms with Gasteiger partial charge < -0.3 is 10.6 Å². The van der Waals surface area contributed by atoms with Crippen molar-refractivity contribution >= 4 is 28.8 Å². The molecule has 1 aliphatic rings. The lowest BCUT2D eigenvalue weighted by Gasteiger charge is -2.14. The van der Waals surface area contributed by atoms with E-state index in [1.54, 1.807) is 11.3 Å². The number of thiazole rings is 1. The normalized spacial score (nSPS) is 18.8. The fourth-order valence-electron chi connectivity index (χ4n) is 2.75. The van der Waals surface area contributed by atoms with Gasteiger partial charge in [0.1, 0.15) is 5.01 Å². The first-order valence-corrected chi connectivity index (χ1v) is 8.98. The van der Waals surface area contributed by atoms with E-state index in [4.69, 9.17) is 16.6 Å². The molecule has 2 atom stereocenters. The number of aryl methyl sites for hydroxylation is 1. The monoisotopic (exact) mass is 349 g/mol. The van der Waals surface area contributed by atoms with Crippen LogP contribution < -0.4 is 10.6 Å². The molecule has 23 heavy (non-hydrogen) atoms. The summed E-state index contributed by atoms with van der Waals surface area (Å²) in [6, 6.07) is 7.61. The topological polar surface area (TPSA) is 54.0 Å². The van der Waals surface area contributed by atoms with E-state index < -0.39 is 0 Å². The molecule has 0 saturated carbocycles. The fraction of sp³-hybridized carbons (Fsp3) is 0.412. The molecule has 3 rings (SSSR count). The Morgan fingerprint density at radius 3 is 2.83 bits per heavy atom. The molecule has 1 amide bonds. The predicted octanol–water partition coefficient (Wildman–Crippen LogP) is 3.56. The van der Waals surface area contributed by atoms with Crippen LogP contribution in [0.25, 0.3) is 11.3 Å². The van der Waals surface area contributed by atoms with Crippen molar-refractivity contribution in [2.24, 2.45) is 5.92 Å². The summed E-state index contributed by atoms with van der Waals surface area (Å²) >= 11 is 7.58. The fourth-order valence-corrected chi connectivity index (χ4v) is 3.82. The Morgan fingerprint density at radius 1 is 1.43 bits per heavy atom. The van der Waals surface area contributed by atoms with E-state index in [-0.39, 0.29) is 17.9 Å². The lowest BCUT2D eigenvalue weighted by molar-refractivity contribution is -0.125. The maximum absolute atomic E-state index is 12.2. The quantitative estimate of drug-likeness (QED) is 0.887. The van der Waals surface area contributed by atoms with Crippen LogP contribution in [0.3, 0.4) is 0 Å². The minimum absolute atomic E-state index is 0.0761. The minimum Gasteiger partial charge on any atom is -0.347 e. The van der Waals surface area contributed by atoms with E-state index in [9.17, 15) is 4.79 Å². The van der Waals surface area contributed by atoms with Gasteiger partial charge in [0.15, 0.2) is 0 Å². The molecule has 0 unspecified atom stereocenters. The molecule has 1 aromatic carbocycles. The van der Waals surface area contributed by atoms with Gasteiger partial charge in [-0.05, 0) is 38.9 Å². The summed E-state index contributed by atoms with van der Waals surface area (Å²) in [6.45, 7) is 5.74. The van der Waals surface area contributed by atoms with Crippen LogP contribution in [0.4, 0.5) is 0 Å². The number of nitrogens with one attached hydrogen (secondary N) is 2. The third-order valence-corrected chi connectivity index (χ3v) is 5.50. The van der Waals surface area contributed by atoms with Gasteiger partial charge in [0, 0.05) is 22.0 Å². The zero-order valence-corrected chi connectivity index (χ0v) is 14.8. The van der Waals surface area contributed by atoms with Crippen LogP contribution in [0.15, 0.2) is 24.3 Å². The standard InChI is InChI=1S/C17H20ClN3OS/c1-10(20-16(22)13-7-8-19-9-13)17-21-15(11(2)23-17)12-3-5-14(18)6-4-12/h3-6,10,13,19H,7-9H2,1-2H3,(H,20,22)/t10-,13+/m1/s1. The molecule has 0 spiro atoms. The number of halogens is 1. The van der Waals surface area contributed by atoms with Gasteiger partial charge in [-0.25, -0.2) is 4.98 Å². The van der Waals surface area contributed by atoms with Gasteiger partial charge in [-0.2, -0.15) is 0 Å². The van der Waals surface area contributed by atoms with Gasteiger partial charge in [0.05, 0.1) is 17.7 Å². The van der Waals surface area contributed by atoms with Crippen molar-refractivity contribution in [3.05, 3.63) is 39.2 Å². The molecule has 2 aromatic rings. The zero-order chi connectivity index (χ0) is 16.4. The average molecular weight is 350 g/mol. The number of hydrogen-bond donors (Lipinski definition) is 2. The number of rotatable bonds is 4. The van der Waals surface area contributed by atoms with Crippen LogP contribution in [0.2, 0.25) is 5.02 Å². The SMILES string of the molecule is Cc1sc([C@@H](C)NC(=O)[C@H]2CCNC2)nc1-c1ccc(Cl)cc1. The molecule has 122 valence electrons. The van der Waals surface area contributed by atoms with Crippen LogP contribution in [-0.4, -0.2) is 24.0 Å². The molecule has 4 nitrogen and oxygen atoms in total. The van der Waals surface area contributed by atoms with Crippen LogP contribution in [0.5, 0.6) is 0 Å². The molecular formula is C17H20ClN3OS. The van der Waals surface area contributed by atoms with E-state index >= 15 is 0 Å². The minimum atomic E-state index is -0.0761. The summed E-state index contributed by atoms with van der Waals surface area (Å²) in [5.74, 6) is 0.192. The van der Waals surface area contributed by atoms with Crippen molar-refractivity contribution in [1.29, 1.82) is 0 Å². The highest BCUT2D eigenvalue weighted by molar-refractivity contribution is 7.12. The van der Waals surface area contributed by atoms with Crippen LogP contribution >= 0.6 is 22.9 Å². The van der Waals surface area contributed by atoms with Crippen LogP contribution in [-0.2, 0) is 4.79 Å². The van der Waals surface area contributed by atoms with Gasteiger partial charge in [-0.1, -0.05) is 23.7 Å². The Bertz CT molecular complexity index is 692. The molecule has 1 aliphatic heterocycles. The molecule has 0 bridgehead atoms. The van der Waals surface area contributed by atoms with E-state index in [0.29, 0.717) is 5.02 Å². The van der Waals surface area contributed by atoms with Crippen molar-refractivity contribution in [2.75, 3.05) is 13.1 Å². The Balaban J connectivity index is 1.74. The van der Waals surface area contributed by atoms with Gasteiger partial charge in [0.25, 0.3) is 0 Å². The first-order valence-electron chi connectivity index (χ1n) is 7.79. The maximum Gasteiger partial charge on any atom is 0.224 e. The number of carbonyl (C=O) groups is 1. The first kappa shape index (κ1) is 16.4. The van der Waals surface area contributed by atoms with Crippen molar-refractivity contribution in [2.45, 2.75) is 26.3 Å². The number of nitrogens with zero attached hydrogens (tertiary/aromatic N) is 1. The van der Waals surface area contributed by atoms with E-state index in [2.05, 4.69) is 17.6 Å². The van der Waals surface area contributed by atoms with Crippen molar-refractivity contribution in [1.82, 2.24) is 15.6 Å². The molecule has 2 N–H and O–H groups in total. The largest absolute Gasteiger partial charge is 0.347 e. The highest BCUT2D eigenvalue weighted by Crippen LogP contribution is 2.31. The molecule has 2 heterocycles. The number of benzene rings is 1. The van der Waals surface area contributed by atoms with Crippen molar-refractivity contribution in [3.8, 4) is 11.3 Å². The molecule has 1 saturated heterocycles. The number of hydrogen-bond acceptors (Lipinski definition) is 4. The van der Waals surface area contributed by atoms with Gasteiger partial charge in [-0.15, -0.1) is 11.3 Å². The van der Waals surface area contributed by atoms with Crippen molar-refractivity contribution in [3.63, 3.8) is 0 Å². The number of aromatic nitrogens is 1. The number of amides is 1. The summed E-state index contributed by atoms with van der Waals surface area (Å²) in [5, 5.41) is 7.96. The Kier molecular flexibility index (Phi) is 4.99. The van der Waals surface area contributed by atoms with Gasteiger partial charge in [-0.3, -0.25) is 4.79 Å². The second-order valence-corrected chi connectivity index (χ2v) is 7.55. The van der Waals surface area contributed by atoms with Crippen molar-refractivity contribution < 1.29 is 4.79 Å². The summed E-state index contributed by atoms with van der Waals surface area (Å²) in [5.41, 5.74) is 2.01. The highest BCUT2D eigenvalue weighted by Gasteiger charge is 2.25. The lowest BCUT2D eigenvalue weighted by atomic mass is 10.1. The molecular weight excluding hydrogens is 330 g/mol. The molecule has 6 heteroatoms. The Morgan fingerprint density at radius 2 is 2.17 bits per heavy atom. The second-order valence-electron chi connectivity index (χ2n) is 5.88. The smallest absolute Gasteiger partial charge is 0.224 e. The van der Waals surface area contributed by atoms with Gasteiger partial charge >= 0.3 is 0 Å². The van der Waals surface area contributed by atoms with Crippen LogP contribution in [0, 0.1) is 12.8 Å². The highest BCUT2D eigenvalue weighted by atomic mass is 35.5. The molecule has 0 aliphatic carbocycles. The summed E-state index contributed by atoms with van der Waals surface area (Å²) in [4.78, 5) is 18.1. The van der Waals surface area contributed by atoms with E-state index in [1.165, 1.54) is 0 Å². The third kappa shape index (κ3) is 3.74. The summed E-state index contributed by atoms with van der Waals surface area (Å²) in [7, 11) is 0. The third-order valence-electron chi connectivity index (χ3n) is 4.09. The Labute approximate surface area is 145 Å². The molecule has 1 aromatic heterocycles.